The number of halogens is 1. The Balaban J connectivity index is 2.21. The van der Waals surface area contributed by atoms with Gasteiger partial charge in [0.15, 0.2) is 0 Å². The topological polar surface area (TPSA) is 57.7 Å². The number of benzene rings is 2. The normalized spacial score (nSPS) is 11.3. The molecule has 0 aliphatic carbocycles. The highest BCUT2D eigenvalue weighted by atomic mass is 35.5. The molecule has 0 radical (unpaired) electrons. The maximum absolute atomic E-state index is 12.6. The second-order valence-electron chi connectivity index (χ2n) is 6.44. The first kappa shape index (κ1) is 20.3. The van der Waals surface area contributed by atoms with Crippen LogP contribution in [0, 0.1) is 13.8 Å². The lowest BCUT2D eigenvalue weighted by Crippen LogP contribution is -2.41. The van der Waals surface area contributed by atoms with Gasteiger partial charge in [-0.2, -0.15) is 0 Å². The van der Waals surface area contributed by atoms with Gasteiger partial charge in [0, 0.05) is 18.6 Å². The second kappa shape index (κ2) is 8.10. The van der Waals surface area contributed by atoms with E-state index in [0.717, 1.165) is 27.3 Å². The summed E-state index contributed by atoms with van der Waals surface area (Å²) >= 11 is 6.01. The summed E-state index contributed by atoms with van der Waals surface area (Å²) in [6.45, 7) is 3.91. The number of nitrogens with zero attached hydrogens (tertiary/aromatic N) is 2. The molecule has 0 aliphatic rings. The molecule has 0 fully saturated rings. The third-order valence-corrected chi connectivity index (χ3v) is 5.45. The molecule has 1 amide bonds. The van der Waals surface area contributed by atoms with Gasteiger partial charge < -0.3 is 4.90 Å². The number of hydrogen-bond donors (Lipinski definition) is 0. The van der Waals surface area contributed by atoms with E-state index in [1.807, 2.05) is 31.2 Å². The fourth-order valence-corrected chi connectivity index (χ4v) is 3.60. The number of hydrogen-bond acceptors (Lipinski definition) is 3. The van der Waals surface area contributed by atoms with Crippen LogP contribution in [0.5, 0.6) is 0 Å². The van der Waals surface area contributed by atoms with Crippen LogP contribution in [0.4, 0.5) is 5.69 Å². The van der Waals surface area contributed by atoms with Crippen molar-refractivity contribution < 1.29 is 13.2 Å². The summed E-state index contributed by atoms with van der Waals surface area (Å²) in [7, 11) is -1.98. The monoisotopic (exact) mass is 394 g/mol. The summed E-state index contributed by atoms with van der Waals surface area (Å²) < 4.78 is 25.6. The van der Waals surface area contributed by atoms with E-state index >= 15 is 0 Å². The highest BCUT2D eigenvalue weighted by molar-refractivity contribution is 7.92. The highest BCUT2D eigenvalue weighted by Crippen LogP contribution is 2.26. The molecule has 0 saturated heterocycles. The van der Waals surface area contributed by atoms with Gasteiger partial charge in [-0.3, -0.25) is 9.10 Å². The molecule has 0 atom stereocenters. The molecule has 140 valence electrons. The van der Waals surface area contributed by atoms with Gasteiger partial charge in [-0.15, -0.1) is 0 Å². The molecule has 0 spiro atoms. The number of carbonyl (C=O) groups is 1. The first-order valence-corrected chi connectivity index (χ1v) is 10.3. The predicted molar refractivity (Wildman–Crippen MR) is 106 cm³/mol. The zero-order chi connectivity index (χ0) is 19.5. The number of aryl methyl sites for hydroxylation is 2. The molecular formula is C19H23ClN2O3S. The van der Waals surface area contributed by atoms with Gasteiger partial charge in [0.25, 0.3) is 0 Å². The standard InChI is InChI=1S/C19H23ClN2O3S/c1-14-5-8-16(9-6-14)12-21(3)19(23)13-22(26(4,24)25)18-11-17(20)10-7-15(18)2/h5-11H,12-13H2,1-4H3. The zero-order valence-electron chi connectivity index (χ0n) is 15.4. The Kier molecular flexibility index (Phi) is 6.31. The summed E-state index contributed by atoms with van der Waals surface area (Å²) in [5.74, 6) is -0.296. The Labute approximate surface area is 160 Å². The summed E-state index contributed by atoms with van der Waals surface area (Å²) in [4.78, 5) is 14.1. The molecule has 0 bridgehead atoms. The van der Waals surface area contributed by atoms with Crippen molar-refractivity contribution in [1.29, 1.82) is 0 Å². The Hall–Kier alpha value is -2.05. The van der Waals surface area contributed by atoms with Gasteiger partial charge in [-0.25, -0.2) is 8.42 Å². The Morgan fingerprint density at radius 1 is 1.08 bits per heavy atom. The van der Waals surface area contributed by atoms with Crippen LogP contribution < -0.4 is 4.31 Å². The van der Waals surface area contributed by atoms with E-state index in [-0.39, 0.29) is 12.5 Å². The molecule has 0 unspecified atom stereocenters. The van der Waals surface area contributed by atoms with Crippen molar-refractivity contribution in [2.45, 2.75) is 20.4 Å². The third-order valence-electron chi connectivity index (χ3n) is 4.09. The van der Waals surface area contributed by atoms with Crippen LogP contribution in [-0.4, -0.2) is 39.1 Å². The van der Waals surface area contributed by atoms with Crippen molar-refractivity contribution in [3.05, 3.63) is 64.2 Å². The molecule has 0 saturated carbocycles. The summed E-state index contributed by atoms with van der Waals surface area (Å²) in [6.07, 6.45) is 1.08. The van der Waals surface area contributed by atoms with Crippen molar-refractivity contribution in [2.24, 2.45) is 0 Å². The van der Waals surface area contributed by atoms with Crippen LogP contribution >= 0.6 is 11.6 Å². The molecule has 0 aromatic heterocycles. The van der Waals surface area contributed by atoms with E-state index in [1.165, 1.54) is 4.90 Å². The van der Waals surface area contributed by atoms with E-state index in [1.54, 1.807) is 32.2 Å². The summed E-state index contributed by atoms with van der Waals surface area (Å²) in [5.41, 5.74) is 3.27. The molecule has 26 heavy (non-hydrogen) atoms. The van der Waals surface area contributed by atoms with E-state index in [4.69, 9.17) is 11.6 Å². The first-order chi connectivity index (χ1) is 12.1. The van der Waals surface area contributed by atoms with Gasteiger partial charge in [-0.1, -0.05) is 47.5 Å². The highest BCUT2D eigenvalue weighted by Gasteiger charge is 2.24. The molecule has 2 aromatic rings. The SMILES string of the molecule is Cc1ccc(CN(C)C(=O)CN(c2cc(Cl)ccc2C)S(C)(=O)=O)cc1. The molecule has 0 N–H and O–H groups in total. The van der Waals surface area contributed by atoms with Crippen LogP contribution in [-0.2, 0) is 21.4 Å². The number of sulfonamides is 1. The molecule has 2 rings (SSSR count). The van der Waals surface area contributed by atoms with Gasteiger partial charge in [-0.05, 0) is 37.1 Å². The molecule has 0 heterocycles. The number of carbonyl (C=O) groups excluding carboxylic acids is 1. The first-order valence-electron chi connectivity index (χ1n) is 8.11. The van der Waals surface area contributed by atoms with E-state index in [9.17, 15) is 13.2 Å². The fraction of sp³-hybridized carbons (Fsp3) is 0.316. The average Bonchev–Trinajstić information content (AvgIpc) is 2.56. The van der Waals surface area contributed by atoms with Gasteiger partial charge >= 0.3 is 0 Å². The van der Waals surface area contributed by atoms with E-state index in [2.05, 4.69) is 0 Å². The minimum absolute atomic E-state index is 0.275. The van der Waals surface area contributed by atoms with Crippen molar-refractivity contribution in [3.8, 4) is 0 Å². The van der Waals surface area contributed by atoms with E-state index in [0.29, 0.717) is 17.3 Å². The van der Waals surface area contributed by atoms with Crippen LogP contribution in [0.3, 0.4) is 0 Å². The van der Waals surface area contributed by atoms with E-state index < -0.39 is 10.0 Å². The number of anilines is 1. The lowest BCUT2D eigenvalue weighted by molar-refractivity contribution is -0.128. The van der Waals surface area contributed by atoms with Crippen LogP contribution in [0.2, 0.25) is 5.02 Å². The molecule has 2 aromatic carbocycles. The van der Waals surface area contributed by atoms with Gasteiger partial charge in [0.05, 0.1) is 11.9 Å². The van der Waals surface area contributed by atoms with Gasteiger partial charge in [0.2, 0.25) is 15.9 Å². The molecule has 7 heteroatoms. The van der Waals surface area contributed by atoms with Gasteiger partial charge in [0.1, 0.15) is 6.54 Å². The van der Waals surface area contributed by atoms with Crippen molar-refractivity contribution in [1.82, 2.24) is 4.90 Å². The fourth-order valence-electron chi connectivity index (χ4n) is 2.53. The largest absolute Gasteiger partial charge is 0.340 e. The molecule has 5 nitrogen and oxygen atoms in total. The Morgan fingerprint density at radius 2 is 1.69 bits per heavy atom. The van der Waals surface area contributed by atoms with Crippen LogP contribution in [0.25, 0.3) is 0 Å². The smallest absolute Gasteiger partial charge is 0.243 e. The Bertz CT molecular complexity index is 896. The van der Waals surface area contributed by atoms with Crippen LogP contribution in [0.15, 0.2) is 42.5 Å². The number of rotatable bonds is 6. The summed E-state index contributed by atoms with van der Waals surface area (Å²) in [6, 6.07) is 12.8. The number of likely N-dealkylation sites (N-methyl/N-ethyl adjacent to an activating group) is 1. The minimum atomic E-state index is -3.64. The zero-order valence-corrected chi connectivity index (χ0v) is 16.9. The number of amides is 1. The second-order valence-corrected chi connectivity index (χ2v) is 8.78. The minimum Gasteiger partial charge on any atom is -0.340 e. The lowest BCUT2D eigenvalue weighted by atomic mass is 10.1. The quantitative estimate of drug-likeness (QED) is 0.754. The lowest BCUT2D eigenvalue weighted by Gasteiger charge is -2.26. The van der Waals surface area contributed by atoms with Crippen molar-refractivity contribution in [3.63, 3.8) is 0 Å². The average molecular weight is 395 g/mol. The molecule has 0 aliphatic heterocycles. The summed E-state index contributed by atoms with van der Waals surface area (Å²) in [5, 5.41) is 0.416. The Morgan fingerprint density at radius 3 is 2.27 bits per heavy atom. The third kappa shape index (κ3) is 5.22. The van der Waals surface area contributed by atoms with Crippen molar-refractivity contribution in [2.75, 3.05) is 24.2 Å². The van der Waals surface area contributed by atoms with Crippen LogP contribution in [0.1, 0.15) is 16.7 Å². The maximum Gasteiger partial charge on any atom is 0.243 e. The maximum atomic E-state index is 12.6. The molecular weight excluding hydrogens is 372 g/mol. The van der Waals surface area contributed by atoms with Crippen molar-refractivity contribution >= 4 is 33.2 Å². The predicted octanol–water partition coefficient (Wildman–Crippen LogP) is 3.38.